The van der Waals surface area contributed by atoms with E-state index in [0.717, 1.165) is 21.9 Å². The predicted octanol–water partition coefficient (Wildman–Crippen LogP) is 6.89. The molecule has 6 heteroatoms. The van der Waals surface area contributed by atoms with Gasteiger partial charge in [-0.05, 0) is 65.2 Å². The first kappa shape index (κ1) is 23.9. The first-order valence-electron chi connectivity index (χ1n) is 10.9. The van der Waals surface area contributed by atoms with Crippen LogP contribution >= 0.6 is 11.6 Å². The van der Waals surface area contributed by atoms with Gasteiger partial charge in [0.1, 0.15) is 0 Å². The standard InChI is InChI=1S/C29H23ClN2O3/c1-19-7-11-25(12-8-19)32-28(33)18-35-29-26(30)14-20(15-27(29)34-2)13-24(17-31)23-10-9-21-5-3-4-6-22(21)16-23/h3-16H,18H2,1-2H3,(H,32,33)/b24-13-. The first-order chi connectivity index (χ1) is 17.0. The lowest BCUT2D eigenvalue weighted by Gasteiger charge is -2.14. The van der Waals surface area contributed by atoms with Crippen LogP contribution in [0.4, 0.5) is 5.69 Å². The lowest BCUT2D eigenvalue weighted by Crippen LogP contribution is -2.20. The number of carbonyl (C=O) groups is 1. The highest BCUT2D eigenvalue weighted by Crippen LogP contribution is 2.37. The quantitative estimate of drug-likeness (QED) is 0.230. The van der Waals surface area contributed by atoms with Crippen molar-refractivity contribution in [1.29, 1.82) is 5.26 Å². The number of fused-ring (bicyclic) bond motifs is 1. The van der Waals surface area contributed by atoms with Crippen LogP contribution in [0.2, 0.25) is 5.02 Å². The first-order valence-corrected chi connectivity index (χ1v) is 11.3. The summed E-state index contributed by atoms with van der Waals surface area (Å²) >= 11 is 6.48. The van der Waals surface area contributed by atoms with Gasteiger partial charge in [-0.1, -0.05) is 65.7 Å². The fourth-order valence-electron chi connectivity index (χ4n) is 3.64. The fourth-order valence-corrected chi connectivity index (χ4v) is 3.91. The number of methoxy groups -OCH3 is 1. The van der Waals surface area contributed by atoms with E-state index in [1.807, 2.05) is 73.7 Å². The Labute approximate surface area is 209 Å². The number of hydrogen-bond acceptors (Lipinski definition) is 4. The molecule has 0 saturated heterocycles. The minimum atomic E-state index is -0.320. The molecule has 0 radical (unpaired) electrons. The Hall–Kier alpha value is -4.27. The molecule has 5 nitrogen and oxygen atoms in total. The van der Waals surface area contributed by atoms with Gasteiger partial charge in [-0.25, -0.2) is 0 Å². The molecule has 0 aliphatic carbocycles. The van der Waals surface area contributed by atoms with E-state index < -0.39 is 0 Å². The third-order valence-corrected chi connectivity index (χ3v) is 5.71. The number of nitriles is 1. The van der Waals surface area contributed by atoms with Crippen molar-refractivity contribution in [3.8, 4) is 17.6 Å². The summed E-state index contributed by atoms with van der Waals surface area (Å²) in [6, 6.07) is 27.0. The van der Waals surface area contributed by atoms with Crippen LogP contribution in [0, 0.1) is 18.3 Å². The number of benzene rings is 4. The summed E-state index contributed by atoms with van der Waals surface area (Å²) in [6.45, 7) is 1.74. The zero-order valence-corrected chi connectivity index (χ0v) is 20.1. The number of nitrogens with one attached hydrogen (secondary N) is 1. The van der Waals surface area contributed by atoms with Gasteiger partial charge in [0, 0.05) is 5.69 Å². The number of carbonyl (C=O) groups excluding carboxylic acids is 1. The Bertz CT molecular complexity index is 1450. The number of aryl methyl sites for hydroxylation is 1. The second-order valence-electron chi connectivity index (χ2n) is 7.97. The summed E-state index contributed by atoms with van der Waals surface area (Å²) in [5, 5.41) is 15.0. The number of halogens is 1. The molecule has 0 fully saturated rings. The Kier molecular flexibility index (Phi) is 7.35. The highest BCUT2D eigenvalue weighted by Gasteiger charge is 2.14. The molecule has 0 heterocycles. The van der Waals surface area contributed by atoms with E-state index in [0.29, 0.717) is 22.6 Å². The smallest absolute Gasteiger partial charge is 0.262 e. The van der Waals surface area contributed by atoms with Crippen molar-refractivity contribution in [2.24, 2.45) is 0 Å². The van der Waals surface area contributed by atoms with Gasteiger partial charge in [-0.2, -0.15) is 5.26 Å². The van der Waals surface area contributed by atoms with Crippen molar-refractivity contribution in [3.05, 3.63) is 101 Å². The molecule has 0 aromatic heterocycles. The molecule has 4 rings (SSSR count). The molecule has 1 amide bonds. The summed E-state index contributed by atoms with van der Waals surface area (Å²) in [6.07, 6.45) is 1.74. The van der Waals surface area contributed by atoms with Crippen molar-refractivity contribution in [3.63, 3.8) is 0 Å². The van der Waals surface area contributed by atoms with Crippen LogP contribution in [0.15, 0.2) is 78.9 Å². The van der Waals surface area contributed by atoms with Crippen molar-refractivity contribution < 1.29 is 14.3 Å². The second-order valence-corrected chi connectivity index (χ2v) is 8.38. The van der Waals surface area contributed by atoms with E-state index in [1.54, 1.807) is 18.2 Å². The van der Waals surface area contributed by atoms with Crippen molar-refractivity contribution in [2.45, 2.75) is 6.92 Å². The van der Waals surface area contributed by atoms with E-state index in [1.165, 1.54) is 7.11 Å². The Morgan fingerprint density at radius 3 is 2.49 bits per heavy atom. The zero-order valence-electron chi connectivity index (χ0n) is 19.3. The monoisotopic (exact) mass is 482 g/mol. The van der Waals surface area contributed by atoms with Crippen LogP contribution in [-0.4, -0.2) is 19.6 Å². The van der Waals surface area contributed by atoms with Gasteiger partial charge < -0.3 is 14.8 Å². The van der Waals surface area contributed by atoms with E-state index in [-0.39, 0.29) is 23.3 Å². The van der Waals surface area contributed by atoms with Crippen LogP contribution in [0.25, 0.3) is 22.4 Å². The number of hydrogen-bond donors (Lipinski definition) is 1. The maximum absolute atomic E-state index is 12.3. The van der Waals surface area contributed by atoms with Gasteiger partial charge in [-0.3, -0.25) is 4.79 Å². The van der Waals surface area contributed by atoms with Gasteiger partial charge in [0.25, 0.3) is 5.91 Å². The molecule has 4 aromatic carbocycles. The minimum absolute atomic E-state index is 0.236. The number of amides is 1. The number of allylic oxidation sites excluding steroid dienone is 1. The van der Waals surface area contributed by atoms with Gasteiger partial charge in [0.2, 0.25) is 0 Å². The third kappa shape index (κ3) is 5.81. The van der Waals surface area contributed by atoms with Gasteiger partial charge in [0.15, 0.2) is 18.1 Å². The number of ether oxygens (including phenoxy) is 2. The predicted molar refractivity (Wildman–Crippen MR) is 141 cm³/mol. The molecule has 174 valence electrons. The van der Waals surface area contributed by atoms with E-state index in [2.05, 4.69) is 11.4 Å². The maximum atomic E-state index is 12.3. The minimum Gasteiger partial charge on any atom is -0.493 e. The van der Waals surface area contributed by atoms with Crippen LogP contribution in [-0.2, 0) is 4.79 Å². The highest BCUT2D eigenvalue weighted by atomic mass is 35.5. The molecule has 1 N–H and O–H groups in total. The molecule has 0 spiro atoms. The van der Waals surface area contributed by atoms with Crippen LogP contribution in [0.3, 0.4) is 0 Å². The fraction of sp³-hybridized carbons (Fsp3) is 0.103. The summed E-state index contributed by atoms with van der Waals surface area (Å²) < 4.78 is 11.1. The van der Waals surface area contributed by atoms with E-state index >= 15 is 0 Å². The van der Waals surface area contributed by atoms with Crippen LogP contribution in [0.1, 0.15) is 16.7 Å². The maximum Gasteiger partial charge on any atom is 0.262 e. The number of nitrogens with zero attached hydrogens (tertiary/aromatic N) is 1. The highest BCUT2D eigenvalue weighted by molar-refractivity contribution is 6.32. The lowest BCUT2D eigenvalue weighted by molar-refractivity contribution is -0.118. The Morgan fingerprint density at radius 1 is 1.03 bits per heavy atom. The van der Waals surface area contributed by atoms with Crippen molar-refractivity contribution in [2.75, 3.05) is 19.0 Å². The number of rotatable bonds is 7. The molecule has 0 atom stereocenters. The summed E-state index contributed by atoms with van der Waals surface area (Å²) in [5.41, 5.74) is 3.74. The lowest BCUT2D eigenvalue weighted by atomic mass is 10.00. The molecular weight excluding hydrogens is 460 g/mol. The summed E-state index contributed by atoms with van der Waals surface area (Å²) in [7, 11) is 1.49. The molecule has 0 bridgehead atoms. The molecule has 4 aromatic rings. The van der Waals surface area contributed by atoms with Crippen LogP contribution < -0.4 is 14.8 Å². The average Bonchev–Trinajstić information content (AvgIpc) is 2.87. The molecular formula is C29H23ClN2O3. The second kappa shape index (κ2) is 10.8. The molecule has 0 saturated carbocycles. The largest absolute Gasteiger partial charge is 0.493 e. The summed E-state index contributed by atoms with van der Waals surface area (Å²) in [5.74, 6) is 0.302. The average molecular weight is 483 g/mol. The van der Waals surface area contributed by atoms with Gasteiger partial charge in [0.05, 0.1) is 23.8 Å². The van der Waals surface area contributed by atoms with E-state index in [9.17, 15) is 10.1 Å². The third-order valence-electron chi connectivity index (χ3n) is 5.43. The Morgan fingerprint density at radius 2 is 1.77 bits per heavy atom. The SMILES string of the molecule is COc1cc(/C=C(/C#N)c2ccc3ccccc3c2)cc(Cl)c1OCC(=O)Nc1ccc(C)cc1. The zero-order chi connectivity index (χ0) is 24.8. The summed E-state index contributed by atoms with van der Waals surface area (Å²) in [4.78, 5) is 12.3. The molecule has 0 unspecified atom stereocenters. The Balaban J connectivity index is 1.54. The topological polar surface area (TPSA) is 71.3 Å². The van der Waals surface area contributed by atoms with E-state index in [4.69, 9.17) is 21.1 Å². The van der Waals surface area contributed by atoms with Crippen molar-refractivity contribution in [1.82, 2.24) is 0 Å². The van der Waals surface area contributed by atoms with Crippen LogP contribution in [0.5, 0.6) is 11.5 Å². The number of anilines is 1. The molecule has 0 aliphatic rings. The van der Waals surface area contributed by atoms with Crippen molar-refractivity contribution >= 4 is 45.6 Å². The molecule has 35 heavy (non-hydrogen) atoms. The normalized spacial score (nSPS) is 11.1. The van der Waals surface area contributed by atoms with Gasteiger partial charge in [-0.15, -0.1) is 0 Å². The van der Waals surface area contributed by atoms with Gasteiger partial charge >= 0.3 is 0 Å². The molecule has 0 aliphatic heterocycles.